The minimum atomic E-state index is -4.04. The first-order valence-corrected chi connectivity index (χ1v) is 7.30. The van der Waals surface area contributed by atoms with Gasteiger partial charge in [0.1, 0.15) is 0 Å². The van der Waals surface area contributed by atoms with Crippen LogP contribution >= 0.6 is 11.8 Å². The van der Waals surface area contributed by atoms with E-state index in [1.807, 2.05) is 18.7 Å². The predicted octanol–water partition coefficient (Wildman–Crippen LogP) is 3.98. The Bertz CT molecular complexity index is 224. The molecule has 2 atom stereocenters. The molecule has 0 saturated carbocycles. The summed E-state index contributed by atoms with van der Waals surface area (Å²) in [5, 5.41) is 3.30. The number of halogens is 3. The average molecular weight is 269 g/mol. The summed E-state index contributed by atoms with van der Waals surface area (Å²) in [5.41, 5.74) is 0. The highest BCUT2D eigenvalue weighted by Crippen LogP contribution is 2.42. The molecule has 0 bridgehead atoms. The van der Waals surface area contributed by atoms with E-state index in [2.05, 4.69) is 12.2 Å². The Labute approximate surface area is 106 Å². The summed E-state index contributed by atoms with van der Waals surface area (Å²) in [6.07, 6.45) is -1.40. The van der Waals surface area contributed by atoms with Gasteiger partial charge in [-0.25, -0.2) is 0 Å². The van der Waals surface area contributed by atoms with E-state index in [4.69, 9.17) is 0 Å². The van der Waals surface area contributed by atoms with E-state index in [9.17, 15) is 13.2 Å². The molecule has 0 amide bonds. The molecule has 0 aromatic rings. The van der Waals surface area contributed by atoms with Crippen molar-refractivity contribution in [1.29, 1.82) is 0 Å². The molecule has 0 aromatic carbocycles. The zero-order chi connectivity index (χ0) is 12.9. The summed E-state index contributed by atoms with van der Waals surface area (Å²) < 4.78 is 36.9. The lowest BCUT2D eigenvalue weighted by atomic mass is 9.92. The van der Waals surface area contributed by atoms with Crippen LogP contribution in [0.25, 0.3) is 0 Å². The number of nitrogens with one attached hydrogen (secondary N) is 1. The minimum Gasteiger partial charge on any atom is -0.313 e. The molecule has 1 fully saturated rings. The van der Waals surface area contributed by atoms with E-state index in [-0.39, 0.29) is 17.2 Å². The zero-order valence-electron chi connectivity index (χ0n) is 10.6. The quantitative estimate of drug-likeness (QED) is 0.782. The molecular formula is C12H22F3NS. The highest BCUT2D eigenvalue weighted by Gasteiger charge is 2.39. The molecule has 0 radical (unpaired) electrons. The maximum absolute atomic E-state index is 12.3. The van der Waals surface area contributed by atoms with Gasteiger partial charge in [0, 0.05) is 17.2 Å². The Morgan fingerprint density at radius 1 is 1.41 bits per heavy atom. The first kappa shape index (κ1) is 15.2. The fourth-order valence-electron chi connectivity index (χ4n) is 2.33. The zero-order valence-corrected chi connectivity index (χ0v) is 11.4. The monoisotopic (exact) mass is 269 g/mol. The Hall–Kier alpha value is 0.100. The van der Waals surface area contributed by atoms with Crippen molar-refractivity contribution in [3.63, 3.8) is 0 Å². The third kappa shape index (κ3) is 5.08. The van der Waals surface area contributed by atoms with Gasteiger partial charge in [-0.15, -0.1) is 0 Å². The van der Waals surface area contributed by atoms with Gasteiger partial charge in [0.05, 0.1) is 0 Å². The maximum atomic E-state index is 12.3. The van der Waals surface area contributed by atoms with E-state index in [1.165, 1.54) is 0 Å². The number of rotatable bonds is 6. The van der Waals surface area contributed by atoms with Gasteiger partial charge in [-0.3, -0.25) is 0 Å². The van der Waals surface area contributed by atoms with E-state index in [0.717, 1.165) is 31.6 Å². The van der Waals surface area contributed by atoms with E-state index in [0.29, 0.717) is 0 Å². The Balaban J connectivity index is 2.53. The largest absolute Gasteiger partial charge is 0.389 e. The molecule has 0 aromatic heterocycles. The van der Waals surface area contributed by atoms with Gasteiger partial charge < -0.3 is 5.32 Å². The summed E-state index contributed by atoms with van der Waals surface area (Å²) in [7, 11) is 0. The second-order valence-electron chi connectivity index (χ2n) is 4.93. The summed E-state index contributed by atoms with van der Waals surface area (Å²) >= 11 is 1.82. The molecule has 1 N–H and O–H groups in total. The van der Waals surface area contributed by atoms with Crippen LogP contribution in [0, 0.1) is 0 Å². The second-order valence-corrected chi connectivity index (χ2v) is 6.55. The first-order chi connectivity index (χ1) is 7.87. The molecule has 102 valence electrons. The average Bonchev–Trinajstić information content (AvgIpc) is 2.64. The molecule has 17 heavy (non-hydrogen) atoms. The SMILES string of the molecule is CCCNC(CCC(F)(F)F)C1(C)CCCS1. The number of hydrogen-bond acceptors (Lipinski definition) is 2. The van der Waals surface area contributed by atoms with Crippen molar-refractivity contribution in [1.82, 2.24) is 5.32 Å². The van der Waals surface area contributed by atoms with Gasteiger partial charge in [0.25, 0.3) is 0 Å². The van der Waals surface area contributed by atoms with E-state index < -0.39 is 12.6 Å². The molecule has 1 aliphatic heterocycles. The second kappa shape index (κ2) is 6.32. The van der Waals surface area contributed by atoms with Crippen LogP contribution in [-0.4, -0.2) is 29.3 Å². The van der Waals surface area contributed by atoms with Gasteiger partial charge in [-0.2, -0.15) is 24.9 Å². The van der Waals surface area contributed by atoms with Crippen LogP contribution < -0.4 is 5.32 Å². The molecule has 1 aliphatic rings. The normalized spacial score (nSPS) is 27.4. The van der Waals surface area contributed by atoms with Crippen molar-refractivity contribution in [2.45, 2.75) is 62.9 Å². The summed E-state index contributed by atoms with van der Waals surface area (Å²) in [4.78, 5) is 0. The van der Waals surface area contributed by atoms with Crippen molar-refractivity contribution < 1.29 is 13.2 Å². The van der Waals surface area contributed by atoms with Gasteiger partial charge in [-0.1, -0.05) is 6.92 Å². The van der Waals surface area contributed by atoms with Crippen molar-refractivity contribution in [2.24, 2.45) is 0 Å². The van der Waals surface area contributed by atoms with Crippen LogP contribution in [0.4, 0.5) is 13.2 Å². The lowest BCUT2D eigenvalue weighted by Crippen LogP contribution is -2.46. The first-order valence-electron chi connectivity index (χ1n) is 6.31. The van der Waals surface area contributed by atoms with Gasteiger partial charge in [-0.05, 0) is 44.9 Å². The predicted molar refractivity (Wildman–Crippen MR) is 67.5 cm³/mol. The lowest BCUT2D eigenvalue weighted by molar-refractivity contribution is -0.137. The summed E-state index contributed by atoms with van der Waals surface area (Å²) in [6.45, 7) is 4.95. The van der Waals surface area contributed by atoms with Crippen LogP contribution in [0.3, 0.4) is 0 Å². The number of alkyl halides is 3. The molecule has 1 heterocycles. The fourth-order valence-corrected chi connectivity index (χ4v) is 3.77. The fraction of sp³-hybridized carbons (Fsp3) is 1.00. The third-order valence-electron chi connectivity index (χ3n) is 3.34. The molecule has 0 aliphatic carbocycles. The van der Waals surface area contributed by atoms with E-state index in [1.54, 1.807) is 0 Å². The van der Waals surface area contributed by atoms with Crippen LogP contribution in [0.15, 0.2) is 0 Å². The number of hydrogen-bond donors (Lipinski definition) is 1. The number of thioether (sulfide) groups is 1. The topological polar surface area (TPSA) is 12.0 Å². The van der Waals surface area contributed by atoms with Crippen LogP contribution in [0.1, 0.15) is 46.0 Å². The Morgan fingerprint density at radius 2 is 2.12 bits per heavy atom. The smallest absolute Gasteiger partial charge is 0.313 e. The third-order valence-corrected chi connectivity index (χ3v) is 4.98. The summed E-state index contributed by atoms with van der Waals surface area (Å²) in [5.74, 6) is 1.08. The molecule has 0 spiro atoms. The molecule has 5 heteroatoms. The lowest BCUT2D eigenvalue weighted by Gasteiger charge is -2.34. The van der Waals surface area contributed by atoms with Gasteiger partial charge in [0.15, 0.2) is 0 Å². The maximum Gasteiger partial charge on any atom is 0.389 e. The molecular weight excluding hydrogens is 247 g/mol. The van der Waals surface area contributed by atoms with Gasteiger partial charge in [0.2, 0.25) is 0 Å². The standard InChI is InChI=1S/C12H22F3NS/c1-3-8-16-10(5-7-12(13,14)15)11(2)6-4-9-17-11/h10,16H,3-9H2,1-2H3. The van der Waals surface area contributed by atoms with Crippen LogP contribution in [-0.2, 0) is 0 Å². The van der Waals surface area contributed by atoms with Crippen molar-refractivity contribution in [3.8, 4) is 0 Å². The van der Waals surface area contributed by atoms with Crippen molar-refractivity contribution >= 4 is 11.8 Å². The molecule has 1 rings (SSSR count). The summed E-state index contributed by atoms with van der Waals surface area (Å²) in [6, 6.07) is -0.0171. The Morgan fingerprint density at radius 3 is 2.59 bits per heavy atom. The molecule has 2 unspecified atom stereocenters. The van der Waals surface area contributed by atoms with Crippen LogP contribution in [0.2, 0.25) is 0 Å². The minimum absolute atomic E-state index is 0.0135. The van der Waals surface area contributed by atoms with Crippen molar-refractivity contribution in [3.05, 3.63) is 0 Å². The highest BCUT2D eigenvalue weighted by atomic mass is 32.2. The van der Waals surface area contributed by atoms with Crippen LogP contribution in [0.5, 0.6) is 0 Å². The van der Waals surface area contributed by atoms with E-state index >= 15 is 0 Å². The Kier molecular flexibility index (Phi) is 5.64. The van der Waals surface area contributed by atoms with Crippen molar-refractivity contribution in [2.75, 3.05) is 12.3 Å². The highest BCUT2D eigenvalue weighted by molar-refractivity contribution is 8.00. The molecule has 1 saturated heterocycles. The molecule has 1 nitrogen and oxygen atoms in total. The van der Waals surface area contributed by atoms with Gasteiger partial charge >= 0.3 is 6.18 Å².